The standard InChI is InChI=1S/C15H30N4O2/c1-11(2)9-17-15(21)19-6-4-5-13(10-19)7-14(20)18-12(3)8-16/h11-13H,4-10,16H2,1-3H3,(H,17,21)(H,18,20)/t12-,13?/m0/s1. The molecule has 1 aliphatic rings. The SMILES string of the molecule is CC(C)CNC(=O)N1CCCC(CC(=O)N[C@@H](C)CN)C1. The van der Waals surface area contributed by atoms with Gasteiger partial charge >= 0.3 is 6.03 Å². The number of amides is 3. The lowest BCUT2D eigenvalue weighted by Crippen LogP contribution is -2.47. The molecular weight excluding hydrogens is 268 g/mol. The highest BCUT2D eigenvalue weighted by Gasteiger charge is 2.25. The zero-order valence-electron chi connectivity index (χ0n) is 13.5. The molecule has 0 aromatic heterocycles. The summed E-state index contributed by atoms with van der Waals surface area (Å²) in [5, 5.41) is 5.81. The smallest absolute Gasteiger partial charge is 0.317 e. The van der Waals surface area contributed by atoms with Crippen molar-refractivity contribution in [2.24, 2.45) is 17.6 Å². The predicted molar refractivity (Wildman–Crippen MR) is 83.8 cm³/mol. The topological polar surface area (TPSA) is 87.5 Å². The molecular formula is C15H30N4O2. The van der Waals surface area contributed by atoms with Gasteiger partial charge in [0.05, 0.1) is 0 Å². The second-order valence-corrected chi connectivity index (χ2v) is 6.44. The van der Waals surface area contributed by atoms with Crippen LogP contribution in [0.5, 0.6) is 0 Å². The van der Waals surface area contributed by atoms with Crippen molar-refractivity contribution >= 4 is 11.9 Å². The third kappa shape index (κ3) is 6.80. The van der Waals surface area contributed by atoms with Crippen LogP contribution < -0.4 is 16.4 Å². The molecule has 1 saturated heterocycles. The number of piperidine rings is 1. The van der Waals surface area contributed by atoms with Gasteiger partial charge in [-0.05, 0) is 31.6 Å². The maximum absolute atomic E-state index is 12.1. The van der Waals surface area contributed by atoms with Crippen molar-refractivity contribution in [3.05, 3.63) is 0 Å². The van der Waals surface area contributed by atoms with Gasteiger partial charge in [0, 0.05) is 38.6 Å². The summed E-state index contributed by atoms with van der Waals surface area (Å²) in [5.74, 6) is 0.717. The van der Waals surface area contributed by atoms with Gasteiger partial charge in [-0.3, -0.25) is 4.79 Å². The minimum atomic E-state index is -0.0101. The lowest BCUT2D eigenvalue weighted by atomic mass is 9.94. The number of nitrogens with one attached hydrogen (secondary N) is 2. The van der Waals surface area contributed by atoms with Crippen LogP contribution >= 0.6 is 0 Å². The van der Waals surface area contributed by atoms with Gasteiger partial charge in [0.2, 0.25) is 5.91 Å². The number of nitrogens with two attached hydrogens (primary N) is 1. The lowest BCUT2D eigenvalue weighted by Gasteiger charge is -2.33. The zero-order valence-corrected chi connectivity index (χ0v) is 13.5. The maximum atomic E-state index is 12.1. The van der Waals surface area contributed by atoms with Crippen molar-refractivity contribution in [3.63, 3.8) is 0 Å². The second kappa shape index (κ2) is 8.87. The first-order chi connectivity index (χ1) is 9.92. The van der Waals surface area contributed by atoms with Crippen LogP contribution in [0.4, 0.5) is 4.79 Å². The Balaban J connectivity index is 2.37. The summed E-state index contributed by atoms with van der Waals surface area (Å²) in [6.07, 6.45) is 2.43. The molecule has 0 aliphatic carbocycles. The Morgan fingerprint density at radius 2 is 2.05 bits per heavy atom. The van der Waals surface area contributed by atoms with E-state index in [1.165, 1.54) is 0 Å². The van der Waals surface area contributed by atoms with Crippen LogP contribution in [-0.2, 0) is 4.79 Å². The van der Waals surface area contributed by atoms with E-state index in [-0.39, 0.29) is 23.9 Å². The number of hydrogen-bond donors (Lipinski definition) is 3. The van der Waals surface area contributed by atoms with Crippen LogP contribution in [0.2, 0.25) is 0 Å². The normalized spacial score (nSPS) is 20.2. The highest BCUT2D eigenvalue weighted by molar-refractivity contribution is 5.77. The summed E-state index contributed by atoms with van der Waals surface area (Å²) in [5.41, 5.74) is 5.50. The van der Waals surface area contributed by atoms with E-state index in [1.54, 1.807) is 0 Å². The first-order valence-electron chi connectivity index (χ1n) is 7.94. The first kappa shape index (κ1) is 17.8. The number of nitrogens with zero attached hydrogens (tertiary/aromatic N) is 1. The fourth-order valence-corrected chi connectivity index (χ4v) is 2.47. The van der Waals surface area contributed by atoms with E-state index < -0.39 is 0 Å². The minimum Gasteiger partial charge on any atom is -0.352 e. The molecule has 122 valence electrons. The van der Waals surface area contributed by atoms with Gasteiger partial charge in [-0.25, -0.2) is 4.79 Å². The van der Waals surface area contributed by atoms with Crippen LogP contribution in [0.1, 0.15) is 40.0 Å². The number of urea groups is 1. The highest BCUT2D eigenvalue weighted by Crippen LogP contribution is 2.19. The molecule has 1 unspecified atom stereocenters. The first-order valence-corrected chi connectivity index (χ1v) is 7.94. The van der Waals surface area contributed by atoms with E-state index in [4.69, 9.17) is 5.73 Å². The van der Waals surface area contributed by atoms with Gasteiger partial charge in [-0.1, -0.05) is 13.8 Å². The van der Waals surface area contributed by atoms with Gasteiger partial charge in [0.25, 0.3) is 0 Å². The van der Waals surface area contributed by atoms with Gasteiger partial charge in [0.1, 0.15) is 0 Å². The number of carbonyl (C=O) groups is 2. The molecule has 1 rings (SSSR count). The molecule has 4 N–H and O–H groups in total. The highest BCUT2D eigenvalue weighted by atomic mass is 16.2. The molecule has 3 amide bonds. The molecule has 0 radical (unpaired) electrons. The van der Waals surface area contributed by atoms with Crippen molar-refractivity contribution in [3.8, 4) is 0 Å². The molecule has 0 spiro atoms. The molecule has 0 aromatic carbocycles. The molecule has 1 fully saturated rings. The van der Waals surface area contributed by atoms with Crippen LogP contribution in [-0.4, -0.2) is 49.1 Å². The maximum Gasteiger partial charge on any atom is 0.317 e. The minimum absolute atomic E-state index is 0.00605. The summed E-state index contributed by atoms with van der Waals surface area (Å²) >= 11 is 0. The number of carbonyl (C=O) groups excluding carboxylic acids is 2. The van der Waals surface area contributed by atoms with Crippen molar-refractivity contribution in [1.29, 1.82) is 0 Å². The summed E-state index contributed by atoms with van der Waals surface area (Å²) in [6, 6.07) is -0.00401. The molecule has 2 atom stereocenters. The summed E-state index contributed by atoms with van der Waals surface area (Å²) in [4.78, 5) is 25.8. The van der Waals surface area contributed by atoms with Gasteiger partial charge < -0.3 is 21.3 Å². The summed E-state index contributed by atoms with van der Waals surface area (Å²) < 4.78 is 0. The molecule has 6 nitrogen and oxygen atoms in total. The largest absolute Gasteiger partial charge is 0.352 e. The Kier molecular flexibility index (Phi) is 7.50. The molecule has 21 heavy (non-hydrogen) atoms. The average molecular weight is 298 g/mol. The van der Waals surface area contributed by atoms with Gasteiger partial charge in [-0.15, -0.1) is 0 Å². The van der Waals surface area contributed by atoms with E-state index in [0.29, 0.717) is 32.0 Å². The average Bonchev–Trinajstić information content (AvgIpc) is 2.44. The van der Waals surface area contributed by atoms with E-state index in [9.17, 15) is 9.59 Å². The summed E-state index contributed by atoms with van der Waals surface area (Å²) in [7, 11) is 0. The van der Waals surface area contributed by atoms with Crippen molar-refractivity contribution in [1.82, 2.24) is 15.5 Å². The fraction of sp³-hybridized carbons (Fsp3) is 0.867. The Morgan fingerprint density at radius 3 is 2.67 bits per heavy atom. The molecule has 6 heteroatoms. The predicted octanol–water partition coefficient (Wildman–Crippen LogP) is 0.918. The van der Waals surface area contributed by atoms with E-state index in [1.807, 2.05) is 11.8 Å². The third-order valence-corrected chi connectivity index (χ3v) is 3.70. The summed E-state index contributed by atoms with van der Waals surface area (Å²) in [6.45, 7) is 8.61. The lowest BCUT2D eigenvalue weighted by molar-refractivity contribution is -0.122. The van der Waals surface area contributed by atoms with Gasteiger partial charge in [0.15, 0.2) is 0 Å². The van der Waals surface area contributed by atoms with E-state index in [2.05, 4.69) is 24.5 Å². The van der Waals surface area contributed by atoms with Crippen LogP contribution in [0.15, 0.2) is 0 Å². The Morgan fingerprint density at radius 1 is 1.33 bits per heavy atom. The molecule has 0 saturated carbocycles. The van der Waals surface area contributed by atoms with Crippen LogP contribution in [0.25, 0.3) is 0 Å². The Bertz CT molecular complexity index is 347. The number of likely N-dealkylation sites (tertiary alicyclic amines) is 1. The Labute approximate surface area is 127 Å². The molecule has 0 bridgehead atoms. The molecule has 0 aromatic rings. The third-order valence-electron chi connectivity index (χ3n) is 3.70. The van der Waals surface area contributed by atoms with Crippen LogP contribution in [0, 0.1) is 11.8 Å². The zero-order chi connectivity index (χ0) is 15.8. The molecule has 1 aliphatic heterocycles. The second-order valence-electron chi connectivity index (χ2n) is 6.44. The van der Waals surface area contributed by atoms with Crippen molar-refractivity contribution in [2.75, 3.05) is 26.2 Å². The quantitative estimate of drug-likeness (QED) is 0.681. The van der Waals surface area contributed by atoms with E-state index >= 15 is 0 Å². The Hall–Kier alpha value is -1.30. The fourth-order valence-electron chi connectivity index (χ4n) is 2.47. The number of hydrogen-bond acceptors (Lipinski definition) is 3. The number of rotatable bonds is 6. The van der Waals surface area contributed by atoms with Gasteiger partial charge in [-0.2, -0.15) is 0 Å². The van der Waals surface area contributed by atoms with Crippen LogP contribution in [0.3, 0.4) is 0 Å². The van der Waals surface area contributed by atoms with E-state index in [0.717, 1.165) is 19.4 Å². The van der Waals surface area contributed by atoms with Crippen molar-refractivity contribution in [2.45, 2.75) is 46.1 Å². The molecule has 1 heterocycles. The van der Waals surface area contributed by atoms with Crippen molar-refractivity contribution < 1.29 is 9.59 Å². The monoisotopic (exact) mass is 298 g/mol.